The number of hydrogen-bond donors (Lipinski definition) is 1. The Labute approximate surface area is 111 Å². The summed E-state index contributed by atoms with van der Waals surface area (Å²) in [5.41, 5.74) is 2.06. The first-order chi connectivity index (χ1) is 8.77. The molecule has 1 aromatic carbocycles. The largest absolute Gasteiger partial charge is 0.352 e. The second-order valence-corrected chi connectivity index (χ2v) is 4.77. The Morgan fingerprint density at radius 3 is 2.61 bits per heavy atom. The molecule has 0 unspecified atom stereocenters. The SMILES string of the molecule is CCCCCc1cccc(C(=O)NCCCC)c1. The van der Waals surface area contributed by atoms with Gasteiger partial charge >= 0.3 is 0 Å². The number of aryl methyl sites for hydroxylation is 1. The minimum absolute atomic E-state index is 0.0563. The molecule has 0 aliphatic carbocycles. The quantitative estimate of drug-likeness (QED) is 0.692. The normalized spacial score (nSPS) is 10.3. The van der Waals surface area contributed by atoms with Crippen LogP contribution in [-0.4, -0.2) is 12.5 Å². The van der Waals surface area contributed by atoms with Crippen LogP contribution in [0.4, 0.5) is 0 Å². The van der Waals surface area contributed by atoms with Crippen LogP contribution >= 0.6 is 0 Å². The molecular formula is C16H25NO. The summed E-state index contributed by atoms with van der Waals surface area (Å²) >= 11 is 0. The molecule has 2 nitrogen and oxygen atoms in total. The van der Waals surface area contributed by atoms with Crippen molar-refractivity contribution in [2.75, 3.05) is 6.54 Å². The van der Waals surface area contributed by atoms with Crippen molar-refractivity contribution in [3.05, 3.63) is 35.4 Å². The Morgan fingerprint density at radius 1 is 1.11 bits per heavy atom. The summed E-state index contributed by atoms with van der Waals surface area (Å²) in [5, 5.41) is 2.96. The van der Waals surface area contributed by atoms with Crippen LogP contribution < -0.4 is 5.32 Å². The number of carbonyl (C=O) groups is 1. The molecular weight excluding hydrogens is 222 g/mol. The Hall–Kier alpha value is -1.31. The molecule has 0 aliphatic rings. The van der Waals surface area contributed by atoms with Crippen LogP contribution in [0, 0.1) is 0 Å². The smallest absolute Gasteiger partial charge is 0.251 e. The van der Waals surface area contributed by atoms with E-state index in [0.29, 0.717) is 0 Å². The van der Waals surface area contributed by atoms with E-state index in [-0.39, 0.29) is 5.91 Å². The Balaban J connectivity index is 2.49. The Morgan fingerprint density at radius 2 is 1.89 bits per heavy atom. The molecule has 1 N–H and O–H groups in total. The van der Waals surface area contributed by atoms with Gasteiger partial charge in [0.2, 0.25) is 0 Å². The van der Waals surface area contributed by atoms with Gasteiger partial charge in [-0.2, -0.15) is 0 Å². The number of nitrogens with one attached hydrogen (secondary N) is 1. The average molecular weight is 247 g/mol. The predicted octanol–water partition coefficient (Wildman–Crippen LogP) is 3.95. The van der Waals surface area contributed by atoms with Gasteiger partial charge in [-0.05, 0) is 37.0 Å². The molecule has 1 rings (SSSR count). The van der Waals surface area contributed by atoms with Crippen molar-refractivity contribution in [1.29, 1.82) is 0 Å². The maximum absolute atomic E-state index is 11.9. The number of unbranched alkanes of at least 4 members (excludes halogenated alkanes) is 3. The van der Waals surface area contributed by atoms with Crippen molar-refractivity contribution < 1.29 is 4.79 Å². The van der Waals surface area contributed by atoms with Crippen molar-refractivity contribution in [2.24, 2.45) is 0 Å². The lowest BCUT2D eigenvalue weighted by atomic mass is 10.0. The van der Waals surface area contributed by atoms with Gasteiger partial charge in [-0.15, -0.1) is 0 Å². The van der Waals surface area contributed by atoms with E-state index in [1.165, 1.54) is 24.8 Å². The summed E-state index contributed by atoms with van der Waals surface area (Å²) in [4.78, 5) is 11.9. The van der Waals surface area contributed by atoms with E-state index in [2.05, 4.69) is 25.2 Å². The molecule has 0 spiro atoms. The number of amides is 1. The molecule has 0 saturated carbocycles. The van der Waals surface area contributed by atoms with E-state index < -0.39 is 0 Å². The molecule has 0 heterocycles. The first-order valence-corrected chi connectivity index (χ1v) is 7.15. The average Bonchev–Trinajstić information content (AvgIpc) is 2.39. The third-order valence-corrected chi connectivity index (χ3v) is 3.07. The van der Waals surface area contributed by atoms with E-state index in [1.54, 1.807) is 0 Å². The van der Waals surface area contributed by atoms with Gasteiger partial charge in [0.15, 0.2) is 0 Å². The van der Waals surface area contributed by atoms with Gasteiger partial charge in [0.1, 0.15) is 0 Å². The number of carbonyl (C=O) groups excluding carboxylic acids is 1. The fraction of sp³-hybridized carbons (Fsp3) is 0.562. The number of benzene rings is 1. The highest BCUT2D eigenvalue weighted by Gasteiger charge is 2.05. The van der Waals surface area contributed by atoms with E-state index in [0.717, 1.165) is 31.4 Å². The summed E-state index contributed by atoms with van der Waals surface area (Å²) in [6, 6.07) is 8.01. The molecule has 1 amide bonds. The van der Waals surface area contributed by atoms with Crippen molar-refractivity contribution in [2.45, 2.75) is 52.4 Å². The van der Waals surface area contributed by atoms with Gasteiger partial charge in [0.05, 0.1) is 0 Å². The summed E-state index contributed by atoms with van der Waals surface area (Å²) in [5.74, 6) is 0.0563. The molecule has 0 aliphatic heterocycles. The zero-order valence-corrected chi connectivity index (χ0v) is 11.7. The van der Waals surface area contributed by atoms with Crippen LogP contribution in [0.5, 0.6) is 0 Å². The predicted molar refractivity (Wildman–Crippen MR) is 76.9 cm³/mol. The highest BCUT2D eigenvalue weighted by atomic mass is 16.1. The van der Waals surface area contributed by atoms with Gasteiger partial charge in [0.25, 0.3) is 5.91 Å². The Bertz CT molecular complexity index is 360. The van der Waals surface area contributed by atoms with Gasteiger partial charge in [-0.1, -0.05) is 45.2 Å². The van der Waals surface area contributed by atoms with Crippen molar-refractivity contribution in [3.63, 3.8) is 0 Å². The van der Waals surface area contributed by atoms with Crippen molar-refractivity contribution in [1.82, 2.24) is 5.32 Å². The zero-order valence-electron chi connectivity index (χ0n) is 11.7. The maximum atomic E-state index is 11.9. The van der Waals surface area contributed by atoms with Crippen LogP contribution in [-0.2, 0) is 6.42 Å². The second-order valence-electron chi connectivity index (χ2n) is 4.77. The fourth-order valence-electron chi connectivity index (χ4n) is 1.93. The topological polar surface area (TPSA) is 29.1 Å². The van der Waals surface area contributed by atoms with E-state index in [1.807, 2.05) is 18.2 Å². The Kier molecular flexibility index (Phi) is 7.16. The minimum atomic E-state index is 0.0563. The fourth-order valence-corrected chi connectivity index (χ4v) is 1.93. The molecule has 0 radical (unpaired) electrons. The molecule has 0 atom stereocenters. The van der Waals surface area contributed by atoms with Gasteiger partial charge in [-0.25, -0.2) is 0 Å². The molecule has 0 saturated heterocycles. The summed E-state index contributed by atoms with van der Waals surface area (Å²) in [6.07, 6.45) is 6.92. The second kappa shape index (κ2) is 8.73. The summed E-state index contributed by atoms with van der Waals surface area (Å²) < 4.78 is 0. The van der Waals surface area contributed by atoms with Crippen molar-refractivity contribution >= 4 is 5.91 Å². The minimum Gasteiger partial charge on any atom is -0.352 e. The van der Waals surface area contributed by atoms with Crippen LogP contribution in [0.25, 0.3) is 0 Å². The number of hydrogen-bond acceptors (Lipinski definition) is 1. The van der Waals surface area contributed by atoms with E-state index in [9.17, 15) is 4.79 Å². The van der Waals surface area contributed by atoms with Crippen molar-refractivity contribution in [3.8, 4) is 0 Å². The molecule has 1 aromatic rings. The van der Waals surface area contributed by atoms with Crippen LogP contribution in [0.15, 0.2) is 24.3 Å². The lowest BCUT2D eigenvalue weighted by molar-refractivity contribution is 0.0953. The van der Waals surface area contributed by atoms with Crippen LogP contribution in [0.1, 0.15) is 61.9 Å². The van der Waals surface area contributed by atoms with Gasteiger partial charge in [-0.3, -0.25) is 4.79 Å². The lowest BCUT2D eigenvalue weighted by Crippen LogP contribution is -2.24. The molecule has 100 valence electrons. The third kappa shape index (κ3) is 5.35. The third-order valence-electron chi connectivity index (χ3n) is 3.07. The van der Waals surface area contributed by atoms with E-state index in [4.69, 9.17) is 0 Å². The first-order valence-electron chi connectivity index (χ1n) is 7.15. The van der Waals surface area contributed by atoms with E-state index >= 15 is 0 Å². The molecule has 0 fully saturated rings. The molecule has 18 heavy (non-hydrogen) atoms. The number of rotatable bonds is 8. The lowest BCUT2D eigenvalue weighted by Gasteiger charge is -2.06. The van der Waals surface area contributed by atoms with Crippen LogP contribution in [0.2, 0.25) is 0 Å². The monoisotopic (exact) mass is 247 g/mol. The molecule has 0 aromatic heterocycles. The van der Waals surface area contributed by atoms with Crippen LogP contribution in [0.3, 0.4) is 0 Å². The van der Waals surface area contributed by atoms with Gasteiger partial charge in [0, 0.05) is 12.1 Å². The first kappa shape index (κ1) is 14.7. The molecule has 2 heteroatoms. The molecule has 0 bridgehead atoms. The highest BCUT2D eigenvalue weighted by molar-refractivity contribution is 5.94. The van der Waals surface area contributed by atoms with Gasteiger partial charge < -0.3 is 5.32 Å². The zero-order chi connectivity index (χ0) is 13.2. The highest BCUT2D eigenvalue weighted by Crippen LogP contribution is 2.09. The summed E-state index contributed by atoms with van der Waals surface area (Å²) in [6.45, 7) is 5.10. The summed E-state index contributed by atoms with van der Waals surface area (Å²) in [7, 11) is 0. The maximum Gasteiger partial charge on any atom is 0.251 e. The standard InChI is InChI=1S/C16H25NO/c1-3-5-7-9-14-10-8-11-15(13-14)16(18)17-12-6-4-2/h8,10-11,13H,3-7,9,12H2,1-2H3,(H,17,18).